The van der Waals surface area contributed by atoms with Gasteiger partial charge in [0.2, 0.25) is 11.6 Å². The van der Waals surface area contributed by atoms with Crippen LogP contribution in [0, 0.1) is 11.3 Å². The Kier molecular flexibility index (Phi) is 6.57. The lowest BCUT2D eigenvalue weighted by Crippen LogP contribution is -2.00. The van der Waals surface area contributed by atoms with Crippen molar-refractivity contribution in [1.82, 2.24) is 4.98 Å². The first-order chi connectivity index (χ1) is 12.6. The van der Waals surface area contributed by atoms with Crippen LogP contribution in [0.4, 0.5) is 5.88 Å². The van der Waals surface area contributed by atoms with Gasteiger partial charge >= 0.3 is 0 Å². The van der Waals surface area contributed by atoms with Crippen LogP contribution in [0.5, 0.6) is 11.5 Å². The molecule has 0 bridgehead atoms. The number of nitriles is 1. The Morgan fingerprint density at radius 2 is 2.23 bits per heavy atom. The van der Waals surface area contributed by atoms with Gasteiger partial charge in [-0.25, -0.2) is 5.43 Å². The van der Waals surface area contributed by atoms with Crippen molar-refractivity contribution in [3.05, 3.63) is 54.6 Å². The van der Waals surface area contributed by atoms with E-state index in [1.165, 1.54) is 0 Å². The molecule has 7 nitrogen and oxygen atoms in total. The lowest BCUT2D eigenvalue weighted by molar-refractivity contribution is 0.297. The summed E-state index contributed by atoms with van der Waals surface area (Å²) >= 11 is 0. The number of allylic oxidation sites excluding steroid dienone is 1. The van der Waals surface area contributed by atoms with Gasteiger partial charge in [0.05, 0.1) is 12.8 Å². The van der Waals surface area contributed by atoms with E-state index in [9.17, 15) is 0 Å². The van der Waals surface area contributed by atoms with E-state index >= 15 is 0 Å². The van der Waals surface area contributed by atoms with Crippen LogP contribution in [0.25, 0.3) is 5.57 Å². The molecule has 2 aromatic rings. The summed E-state index contributed by atoms with van der Waals surface area (Å²) in [6.45, 7) is 11.9. The van der Waals surface area contributed by atoms with Gasteiger partial charge in [-0.1, -0.05) is 19.2 Å². The molecule has 0 aliphatic rings. The highest BCUT2D eigenvalue weighted by Gasteiger charge is 2.12. The van der Waals surface area contributed by atoms with Crippen LogP contribution in [0.3, 0.4) is 0 Å². The molecule has 0 amide bonds. The molecule has 0 saturated carbocycles. The number of hydrogen-bond donors (Lipinski definition) is 1. The number of benzene rings is 1. The van der Waals surface area contributed by atoms with Crippen molar-refractivity contribution in [2.75, 3.05) is 18.6 Å². The molecule has 1 N–H and O–H groups in total. The third-order valence-electron chi connectivity index (χ3n) is 3.10. The van der Waals surface area contributed by atoms with Crippen molar-refractivity contribution in [2.45, 2.75) is 13.8 Å². The summed E-state index contributed by atoms with van der Waals surface area (Å²) in [5.41, 5.74) is 4.20. The van der Waals surface area contributed by atoms with Crippen molar-refractivity contribution in [2.24, 2.45) is 5.10 Å². The van der Waals surface area contributed by atoms with Crippen LogP contribution in [0.2, 0.25) is 0 Å². The molecule has 1 aromatic heterocycles. The summed E-state index contributed by atoms with van der Waals surface area (Å²) < 4.78 is 16.6. The van der Waals surface area contributed by atoms with Gasteiger partial charge in [-0.15, -0.1) is 0 Å². The van der Waals surface area contributed by atoms with E-state index in [0.29, 0.717) is 36.2 Å². The molecule has 0 aliphatic heterocycles. The minimum Gasteiger partial charge on any atom is -0.490 e. The van der Waals surface area contributed by atoms with Crippen LogP contribution < -0.4 is 14.9 Å². The van der Waals surface area contributed by atoms with Gasteiger partial charge in [0.25, 0.3) is 5.88 Å². The number of hydrazone groups is 1. The Balaban J connectivity index is 2.15. The number of anilines is 1. The fraction of sp³-hybridized carbons (Fsp3) is 0.211. The summed E-state index contributed by atoms with van der Waals surface area (Å²) in [7, 11) is 0. The van der Waals surface area contributed by atoms with Crippen LogP contribution in [-0.2, 0) is 0 Å². The van der Waals surface area contributed by atoms with Gasteiger partial charge in [0.1, 0.15) is 12.7 Å². The smallest absolute Gasteiger partial charge is 0.252 e. The maximum atomic E-state index is 9.10. The maximum Gasteiger partial charge on any atom is 0.252 e. The average molecular weight is 352 g/mol. The molecule has 134 valence electrons. The number of rotatable bonds is 9. The van der Waals surface area contributed by atoms with Gasteiger partial charge < -0.3 is 13.9 Å². The minimum absolute atomic E-state index is 0.114. The second-order valence-corrected chi connectivity index (χ2v) is 5.20. The number of hydrogen-bond acceptors (Lipinski definition) is 7. The fourth-order valence-corrected chi connectivity index (χ4v) is 1.96. The van der Waals surface area contributed by atoms with E-state index in [0.717, 1.165) is 5.56 Å². The highest BCUT2D eigenvalue weighted by molar-refractivity contribution is 5.81. The molecule has 1 aromatic carbocycles. The van der Waals surface area contributed by atoms with Crippen LogP contribution in [0.15, 0.2) is 47.0 Å². The molecule has 0 saturated heterocycles. The number of nitrogens with one attached hydrogen (secondary N) is 1. The SMILES string of the molecule is C=CCOc1ccc(/C=N\Nc2oc(C(=C)C)nc2C#N)cc1OCC. The molecular weight excluding hydrogens is 332 g/mol. The minimum atomic E-state index is 0.114. The zero-order valence-electron chi connectivity index (χ0n) is 14.8. The maximum absolute atomic E-state index is 9.10. The number of aromatic nitrogens is 1. The molecule has 1 heterocycles. The van der Waals surface area contributed by atoms with E-state index < -0.39 is 0 Å². The monoisotopic (exact) mass is 352 g/mol. The van der Waals surface area contributed by atoms with E-state index in [2.05, 4.69) is 28.7 Å². The molecule has 7 heteroatoms. The molecule has 0 aliphatic carbocycles. The fourth-order valence-electron chi connectivity index (χ4n) is 1.96. The van der Waals surface area contributed by atoms with Crippen molar-refractivity contribution >= 4 is 17.7 Å². The molecule has 2 rings (SSSR count). The Bertz CT molecular complexity index is 862. The van der Waals surface area contributed by atoms with Gasteiger partial charge in [-0.2, -0.15) is 15.3 Å². The Morgan fingerprint density at radius 3 is 2.88 bits per heavy atom. The summed E-state index contributed by atoms with van der Waals surface area (Å²) in [4.78, 5) is 4.02. The topological polar surface area (TPSA) is 92.7 Å². The second-order valence-electron chi connectivity index (χ2n) is 5.20. The van der Waals surface area contributed by atoms with E-state index in [4.69, 9.17) is 19.2 Å². The predicted octanol–water partition coefficient (Wildman–Crippen LogP) is 3.99. The van der Waals surface area contributed by atoms with Gasteiger partial charge in [-0.05, 0) is 37.6 Å². The van der Waals surface area contributed by atoms with Crippen LogP contribution in [-0.4, -0.2) is 24.4 Å². The third-order valence-corrected chi connectivity index (χ3v) is 3.10. The van der Waals surface area contributed by atoms with E-state index in [1.54, 1.807) is 31.3 Å². The standard InChI is InChI=1S/C19H20N4O3/c1-5-9-25-16-8-7-14(10-17(16)24-6-2)12-21-23-19-15(11-20)22-18(26-19)13(3)4/h5,7-8,10,12,23H,1,3,6,9H2,2,4H3/b21-12-. The zero-order chi connectivity index (χ0) is 18.9. The van der Waals surface area contributed by atoms with E-state index in [-0.39, 0.29) is 11.6 Å². The van der Waals surface area contributed by atoms with Crippen molar-refractivity contribution in [3.8, 4) is 17.6 Å². The summed E-state index contributed by atoms with van der Waals surface area (Å²) in [6.07, 6.45) is 3.24. The summed E-state index contributed by atoms with van der Waals surface area (Å²) in [6, 6.07) is 7.38. The lowest BCUT2D eigenvalue weighted by Gasteiger charge is -2.11. The number of oxazole rings is 1. The highest BCUT2D eigenvalue weighted by atomic mass is 16.5. The zero-order valence-corrected chi connectivity index (χ0v) is 14.8. The molecule has 0 radical (unpaired) electrons. The molecule has 0 spiro atoms. The third kappa shape index (κ3) is 4.74. The predicted molar refractivity (Wildman–Crippen MR) is 100 cm³/mol. The highest BCUT2D eigenvalue weighted by Crippen LogP contribution is 2.28. The molecule has 26 heavy (non-hydrogen) atoms. The second kappa shape index (κ2) is 9.08. The quantitative estimate of drug-likeness (QED) is 0.417. The van der Waals surface area contributed by atoms with Gasteiger partial charge in [-0.3, -0.25) is 0 Å². The Hall–Kier alpha value is -3.53. The Morgan fingerprint density at radius 1 is 1.42 bits per heavy atom. The largest absolute Gasteiger partial charge is 0.490 e. The molecule has 0 atom stereocenters. The number of nitrogens with zero attached hydrogens (tertiary/aromatic N) is 3. The van der Waals surface area contributed by atoms with Crippen molar-refractivity contribution in [1.29, 1.82) is 5.26 Å². The number of ether oxygens (including phenoxy) is 2. The summed E-state index contributed by atoms with van der Waals surface area (Å²) in [5, 5.41) is 13.2. The molecule has 0 fully saturated rings. The van der Waals surface area contributed by atoms with Gasteiger partial charge in [0, 0.05) is 5.57 Å². The molecule has 0 unspecified atom stereocenters. The first-order valence-electron chi connectivity index (χ1n) is 7.95. The lowest BCUT2D eigenvalue weighted by atomic mass is 10.2. The van der Waals surface area contributed by atoms with Gasteiger partial charge in [0.15, 0.2) is 11.5 Å². The first kappa shape index (κ1) is 18.8. The van der Waals surface area contributed by atoms with Crippen LogP contribution >= 0.6 is 0 Å². The normalized spacial score (nSPS) is 10.3. The van der Waals surface area contributed by atoms with Crippen molar-refractivity contribution < 1.29 is 13.9 Å². The summed E-state index contributed by atoms with van der Waals surface area (Å²) in [5.74, 6) is 1.70. The van der Waals surface area contributed by atoms with Crippen LogP contribution in [0.1, 0.15) is 31.0 Å². The first-order valence-corrected chi connectivity index (χ1v) is 7.95. The Labute approximate surface area is 152 Å². The average Bonchev–Trinajstić information content (AvgIpc) is 3.05. The van der Waals surface area contributed by atoms with E-state index in [1.807, 2.05) is 19.1 Å². The van der Waals surface area contributed by atoms with Crippen molar-refractivity contribution in [3.63, 3.8) is 0 Å². The molecular formula is C19H20N4O3.